The first-order valence-corrected chi connectivity index (χ1v) is 3.28. The summed E-state index contributed by atoms with van der Waals surface area (Å²) in [6.45, 7) is 5.52. The highest BCUT2D eigenvalue weighted by Crippen LogP contribution is 2.48. The molecule has 0 spiro atoms. The van der Waals surface area contributed by atoms with E-state index in [2.05, 4.69) is 0 Å². The molecule has 1 rings (SSSR count). The lowest BCUT2D eigenvalue weighted by atomic mass is 9.57. The molecule has 1 aliphatic carbocycles. The molecule has 2 heteroatoms. The highest BCUT2D eigenvalue weighted by molar-refractivity contribution is 5.06. The molecule has 0 aliphatic heterocycles. The smallest absolute Gasteiger partial charge is 0.0719 e. The van der Waals surface area contributed by atoms with Crippen molar-refractivity contribution in [3.63, 3.8) is 0 Å². The van der Waals surface area contributed by atoms with Gasteiger partial charge in [0.05, 0.1) is 11.7 Å². The normalized spacial score (nSPS) is 48.3. The molecule has 0 saturated heterocycles. The minimum absolute atomic E-state index is 0.312. The van der Waals surface area contributed by atoms with Gasteiger partial charge < -0.3 is 10.2 Å². The zero-order valence-corrected chi connectivity index (χ0v) is 6.18. The van der Waals surface area contributed by atoms with E-state index < -0.39 is 5.60 Å². The molecular weight excluding hydrogens is 116 g/mol. The highest BCUT2D eigenvalue weighted by atomic mass is 16.3. The molecule has 0 heterocycles. The van der Waals surface area contributed by atoms with Gasteiger partial charge in [-0.25, -0.2) is 0 Å². The molecule has 0 amide bonds. The monoisotopic (exact) mass is 130 g/mol. The second-order valence-corrected chi connectivity index (χ2v) is 3.72. The Kier molecular flexibility index (Phi) is 1.17. The fraction of sp³-hybridized carbons (Fsp3) is 1.00. The Labute approximate surface area is 55.5 Å². The van der Waals surface area contributed by atoms with Gasteiger partial charge in [-0.1, -0.05) is 13.8 Å². The van der Waals surface area contributed by atoms with E-state index in [-0.39, 0.29) is 11.5 Å². The largest absolute Gasteiger partial charge is 0.392 e. The quantitative estimate of drug-likeness (QED) is 0.502. The lowest BCUT2D eigenvalue weighted by Gasteiger charge is -2.54. The van der Waals surface area contributed by atoms with Crippen LogP contribution in [0.5, 0.6) is 0 Å². The molecule has 9 heavy (non-hydrogen) atoms. The second-order valence-electron chi connectivity index (χ2n) is 3.72. The van der Waals surface area contributed by atoms with Gasteiger partial charge in [-0.15, -0.1) is 0 Å². The molecule has 2 nitrogen and oxygen atoms in total. The second kappa shape index (κ2) is 1.50. The maximum Gasteiger partial charge on any atom is 0.0719 e. The SMILES string of the molecule is CC1(O)CC(O)C1(C)C. The van der Waals surface area contributed by atoms with E-state index in [1.54, 1.807) is 6.92 Å². The maximum absolute atomic E-state index is 9.45. The van der Waals surface area contributed by atoms with Crippen molar-refractivity contribution < 1.29 is 10.2 Å². The summed E-state index contributed by atoms with van der Waals surface area (Å²) >= 11 is 0. The van der Waals surface area contributed by atoms with Crippen molar-refractivity contribution in [1.29, 1.82) is 0 Å². The Balaban J connectivity index is 2.70. The molecule has 1 aliphatic rings. The summed E-state index contributed by atoms with van der Waals surface area (Å²) in [5.74, 6) is 0. The third-order valence-corrected chi connectivity index (χ3v) is 2.81. The average Bonchev–Trinajstić information content (AvgIpc) is 1.65. The zero-order chi connectivity index (χ0) is 7.28. The standard InChI is InChI=1S/C7H14O2/c1-6(2)5(8)4-7(6,3)9/h5,8-9H,4H2,1-3H3. The molecule has 0 bridgehead atoms. The van der Waals surface area contributed by atoms with Crippen molar-refractivity contribution in [2.24, 2.45) is 5.41 Å². The van der Waals surface area contributed by atoms with Gasteiger partial charge in [0.15, 0.2) is 0 Å². The lowest BCUT2D eigenvalue weighted by Crippen LogP contribution is -2.61. The van der Waals surface area contributed by atoms with Crippen molar-refractivity contribution in [3.05, 3.63) is 0 Å². The van der Waals surface area contributed by atoms with Crippen LogP contribution in [0.15, 0.2) is 0 Å². The molecule has 1 fully saturated rings. The van der Waals surface area contributed by atoms with Crippen molar-refractivity contribution in [2.75, 3.05) is 0 Å². The van der Waals surface area contributed by atoms with Crippen LogP contribution in [0.2, 0.25) is 0 Å². The van der Waals surface area contributed by atoms with Crippen LogP contribution < -0.4 is 0 Å². The summed E-state index contributed by atoms with van der Waals surface area (Å²) in [6.07, 6.45) is 0.187. The first kappa shape index (κ1) is 7.03. The Hall–Kier alpha value is -0.0800. The van der Waals surface area contributed by atoms with Crippen LogP contribution in [0, 0.1) is 5.41 Å². The van der Waals surface area contributed by atoms with Crippen LogP contribution in [0.25, 0.3) is 0 Å². The van der Waals surface area contributed by atoms with Gasteiger partial charge in [0, 0.05) is 11.8 Å². The van der Waals surface area contributed by atoms with E-state index in [1.807, 2.05) is 13.8 Å². The van der Waals surface area contributed by atoms with Gasteiger partial charge in [0.2, 0.25) is 0 Å². The third kappa shape index (κ3) is 0.700. The summed E-state index contributed by atoms with van der Waals surface area (Å²) in [6, 6.07) is 0. The van der Waals surface area contributed by atoms with Gasteiger partial charge in [0.25, 0.3) is 0 Å². The van der Waals surface area contributed by atoms with Crippen LogP contribution in [-0.4, -0.2) is 21.9 Å². The molecule has 2 atom stereocenters. The van der Waals surface area contributed by atoms with Crippen LogP contribution in [0.1, 0.15) is 27.2 Å². The number of aliphatic hydroxyl groups excluding tert-OH is 1. The van der Waals surface area contributed by atoms with Crippen LogP contribution in [0.3, 0.4) is 0 Å². The van der Waals surface area contributed by atoms with E-state index in [4.69, 9.17) is 5.11 Å². The van der Waals surface area contributed by atoms with Crippen molar-refractivity contribution in [2.45, 2.75) is 38.9 Å². The fourth-order valence-electron chi connectivity index (χ4n) is 1.12. The summed E-state index contributed by atoms with van der Waals surface area (Å²) in [4.78, 5) is 0. The van der Waals surface area contributed by atoms with Crippen LogP contribution in [0.4, 0.5) is 0 Å². The highest BCUT2D eigenvalue weighted by Gasteiger charge is 2.55. The lowest BCUT2D eigenvalue weighted by molar-refractivity contribution is -0.214. The van der Waals surface area contributed by atoms with Gasteiger partial charge in [-0.2, -0.15) is 0 Å². The van der Waals surface area contributed by atoms with Gasteiger partial charge in [-0.05, 0) is 6.92 Å². The minimum Gasteiger partial charge on any atom is -0.392 e. The van der Waals surface area contributed by atoms with E-state index in [9.17, 15) is 5.11 Å². The van der Waals surface area contributed by atoms with Crippen molar-refractivity contribution >= 4 is 0 Å². The average molecular weight is 130 g/mol. The zero-order valence-electron chi connectivity index (χ0n) is 6.18. The molecule has 54 valence electrons. The fourth-order valence-corrected chi connectivity index (χ4v) is 1.12. The maximum atomic E-state index is 9.45. The van der Waals surface area contributed by atoms with E-state index in [0.717, 1.165) is 0 Å². The Bertz CT molecular complexity index is 127. The molecule has 1 saturated carbocycles. The van der Waals surface area contributed by atoms with Crippen LogP contribution >= 0.6 is 0 Å². The molecule has 0 radical (unpaired) electrons. The summed E-state index contributed by atoms with van der Waals surface area (Å²) < 4.78 is 0. The van der Waals surface area contributed by atoms with E-state index >= 15 is 0 Å². The minimum atomic E-state index is -0.660. The Morgan fingerprint density at radius 3 is 1.78 bits per heavy atom. The molecular formula is C7H14O2. The first-order chi connectivity index (χ1) is 3.88. The number of hydrogen-bond acceptors (Lipinski definition) is 2. The molecule has 2 N–H and O–H groups in total. The van der Waals surface area contributed by atoms with Gasteiger partial charge in [0.1, 0.15) is 0 Å². The van der Waals surface area contributed by atoms with E-state index in [0.29, 0.717) is 6.42 Å². The summed E-state index contributed by atoms with van der Waals surface area (Å²) in [5.41, 5.74) is -0.973. The van der Waals surface area contributed by atoms with Crippen LogP contribution in [-0.2, 0) is 0 Å². The predicted octanol–water partition coefficient (Wildman–Crippen LogP) is 0.528. The van der Waals surface area contributed by atoms with Gasteiger partial charge >= 0.3 is 0 Å². The Morgan fingerprint density at radius 1 is 1.33 bits per heavy atom. The summed E-state index contributed by atoms with van der Waals surface area (Å²) in [7, 11) is 0. The topological polar surface area (TPSA) is 40.5 Å². The van der Waals surface area contributed by atoms with Crippen molar-refractivity contribution in [1.82, 2.24) is 0 Å². The third-order valence-electron chi connectivity index (χ3n) is 2.81. The number of aliphatic hydroxyl groups is 2. The van der Waals surface area contributed by atoms with Gasteiger partial charge in [-0.3, -0.25) is 0 Å². The number of rotatable bonds is 0. The van der Waals surface area contributed by atoms with Crippen molar-refractivity contribution in [3.8, 4) is 0 Å². The predicted molar refractivity (Wildman–Crippen MR) is 35.0 cm³/mol. The number of hydrogen-bond donors (Lipinski definition) is 2. The summed E-state index contributed by atoms with van der Waals surface area (Å²) in [5, 5.41) is 18.6. The molecule has 0 aromatic carbocycles. The molecule has 0 aromatic heterocycles. The van der Waals surface area contributed by atoms with E-state index in [1.165, 1.54) is 0 Å². The molecule has 0 aromatic rings. The molecule has 2 unspecified atom stereocenters. The Morgan fingerprint density at radius 2 is 1.78 bits per heavy atom. The first-order valence-electron chi connectivity index (χ1n) is 3.28.